The molecule has 0 saturated heterocycles. The molecular weight excluding hydrogens is 226 g/mol. The molecule has 0 aliphatic rings. The zero-order valence-electron chi connectivity index (χ0n) is 9.42. The Morgan fingerprint density at radius 3 is 2.61 bits per heavy atom. The van der Waals surface area contributed by atoms with Crippen molar-refractivity contribution in [3.8, 4) is 17.3 Å². The van der Waals surface area contributed by atoms with E-state index in [4.69, 9.17) is 15.4 Å². The first-order chi connectivity index (χ1) is 8.79. The Balaban J connectivity index is 2.35. The molecule has 4 nitrogen and oxygen atoms in total. The molecule has 2 aromatic carbocycles. The summed E-state index contributed by atoms with van der Waals surface area (Å²) in [6.07, 6.45) is 1.52. The Morgan fingerprint density at radius 1 is 1.11 bits per heavy atom. The molecule has 0 bridgehead atoms. The van der Waals surface area contributed by atoms with E-state index in [1.807, 2.05) is 30.3 Å². The van der Waals surface area contributed by atoms with Crippen LogP contribution in [0.5, 0.6) is 0 Å². The Morgan fingerprint density at radius 2 is 1.89 bits per heavy atom. The van der Waals surface area contributed by atoms with Crippen molar-refractivity contribution in [2.45, 2.75) is 0 Å². The molecule has 3 aromatic rings. The van der Waals surface area contributed by atoms with Gasteiger partial charge in [-0.15, -0.1) is 0 Å². The predicted molar refractivity (Wildman–Crippen MR) is 68.6 cm³/mol. The van der Waals surface area contributed by atoms with Crippen LogP contribution in [-0.4, -0.2) is 4.98 Å². The molecule has 2 N–H and O–H groups in total. The molecule has 0 aliphatic carbocycles. The van der Waals surface area contributed by atoms with E-state index in [-0.39, 0.29) is 6.01 Å². The molecule has 4 heteroatoms. The minimum absolute atomic E-state index is 0.137. The highest BCUT2D eigenvalue weighted by Crippen LogP contribution is 2.29. The van der Waals surface area contributed by atoms with Crippen LogP contribution in [0.3, 0.4) is 0 Å². The Bertz CT molecular complexity index is 768. The van der Waals surface area contributed by atoms with E-state index in [1.54, 1.807) is 6.07 Å². The number of oxazole rings is 1. The largest absolute Gasteiger partial charge is 0.432 e. The first-order valence-corrected chi connectivity index (χ1v) is 5.43. The summed E-state index contributed by atoms with van der Waals surface area (Å²) in [6, 6.07) is 13.7. The second-order valence-corrected chi connectivity index (χ2v) is 3.89. The Labute approximate surface area is 103 Å². The predicted octanol–water partition coefficient (Wildman–Crippen LogP) is 2.95. The smallest absolute Gasteiger partial charge is 0.292 e. The second kappa shape index (κ2) is 3.90. The van der Waals surface area contributed by atoms with E-state index < -0.39 is 0 Å². The lowest BCUT2D eigenvalue weighted by molar-refractivity contribution is 0.581. The van der Waals surface area contributed by atoms with E-state index in [0.29, 0.717) is 11.3 Å². The number of benzene rings is 2. The first kappa shape index (κ1) is 10.4. The summed E-state index contributed by atoms with van der Waals surface area (Å²) in [6.45, 7) is 0. The standard InChI is InChI=1S/C14H9N3O/c15-7-9-3-1-5-11-10(9)4-2-6-12(11)13-8-18-14(16)17-13/h1-6,8H,(H2,16,17). The molecule has 0 radical (unpaired) electrons. The van der Waals surface area contributed by atoms with E-state index in [0.717, 1.165) is 16.3 Å². The molecular formula is C14H9N3O. The number of nitrogen functional groups attached to an aromatic ring is 1. The van der Waals surface area contributed by atoms with Crippen molar-refractivity contribution >= 4 is 16.8 Å². The molecule has 0 amide bonds. The van der Waals surface area contributed by atoms with Gasteiger partial charge in [-0.3, -0.25) is 0 Å². The summed E-state index contributed by atoms with van der Waals surface area (Å²) in [4.78, 5) is 4.11. The van der Waals surface area contributed by atoms with Crippen LogP contribution < -0.4 is 5.73 Å². The molecule has 0 saturated carbocycles. The van der Waals surface area contributed by atoms with Crippen molar-refractivity contribution in [1.82, 2.24) is 4.98 Å². The van der Waals surface area contributed by atoms with Crippen molar-refractivity contribution in [1.29, 1.82) is 5.26 Å². The summed E-state index contributed by atoms with van der Waals surface area (Å²) in [5.41, 5.74) is 7.71. The van der Waals surface area contributed by atoms with Crippen LogP contribution in [0.25, 0.3) is 22.0 Å². The first-order valence-electron chi connectivity index (χ1n) is 5.43. The van der Waals surface area contributed by atoms with Crippen LogP contribution in [0.1, 0.15) is 5.56 Å². The Hall–Kier alpha value is -2.80. The van der Waals surface area contributed by atoms with Gasteiger partial charge < -0.3 is 10.2 Å². The third-order valence-electron chi connectivity index (χ3n) is 2.84. The highest BCUT2D eigenvalue weighted by molar-refractivity contribution is 5.98. The molecule has 0 unspecified atom stereocenters. The lowest BCUT2D eigenvalue weighted by Crippen LogP contribution is -1.86. The van der Waals surface area contributed by atoms with Crippen LogP contribution in [0.2, 0.25) is 0 Å². The van der Waals surface area contributed by atoms with E-state index in [1.165, 1.54) is 6.26 Å². The number of fused-ring (bicyclic) bond motifs is 1. The van der Waals surface area contributed by atoms with Gasteiger partial charge in [0.1, 0.15) is 12.0 Å². The molecule has 3 rings (SSSR count). The summed E-state index contributed by atoms with van der Waals surface area (Å²) in [7, 11) is 0. The normalized spacial score (nSPS) is 10.4. The lowest BCUT2D eigenvalue weighted by atomic mass is 9.99. The lowest BCUT2D eigenvalue weighted by Gasteiger charge is -2.04. The SMILES string of the molecule is N#Cc1cccc2c(-c3coc(N)n3)cccc12. The molecule has 1 heterocycles. The quantitative estimate of drug-likeness (QED) is 0.703. The molecule has 0 aliphatic heterocycles. The monoisotopic (exact) mass is 235 g/mol. The molecule has 86 valence electrons. The van der Waals surface area contributed by atoms with Gasteiger partial charge in [-0.1, -0.05) is 30.3 Å². The minimum Gasteiger partial charge on any atom is -0.432 e. The van der Waals surface area contributed by atoms with Crippen molar-refractivity contribution in [2.75, 3.05) is 5.73 Å². The summed E-state index contributed by atoms with van der Waals surface area (Å²) in [5.74, 6) is 0. The zero-order chi connectivity index (χ0) is 12.5. The van der Waals surface area contributed by atoms with Crippen molar-refractivity contribution < 1.29 is 4.42 Å². The maximum absolute atomic E-state index is 9.10. The van der Waals surface area contributed by atoms with E-state index in [2.05, 4.69) is 11.1 Å². The van der Waals surface area contributed by atoms with E-state index in [9.17, 15) is 0 Å². The highest BCUT2D eigenvalue weighted by atomic mass is 16.4. The fraction of sp³-hybridized carbons (Fsp3) is 0. The summed E-state index contributed by atoms with van der Waals surface area (Å²) in [5, 5.41) is 11.0. The maximum atomic E-state index is 9.10. The van der Waals surface area contributed by atoms with Gasteiger partial charge in [-0.2, -0.15) is 10.2 Å². The number of rotatable bonds is 1. The average molecular weight is 235 g/mol. The van der Waals surface area contributed by atoms with Crippen molar-refractivity contribution in [2.24, 2.45) is 0 Å². The number of hydrogen-bond acceptors (Lipinski definition) is 4. The van der Waals surface area contributed by atoms with Gasteiger partial charge in [-0.25, -0.2) is 0 Å². The maximum Gasteiger partial charge on any atom is 0.292 e. The number of hydrogen-bond donors (Lipinski definition) is 1. The van der Waals surface area contributed by atoms with E-state index >= 15 is 0 Å². The average Bonchev–Trinajstić information content (AvgIpc) is 2.84. The Kier molecular flexibility index (Phi) is 2.24. The van der Waals surface area contributed by atoms with Gasteiger partial charge >= 0.3 is 0 Å². The van der Waals surface area contributed by atoms with Gasteiger partial charge in [0.15, 0.2) is 0 Å². The topological polar surface area (TPSA) is 75.8 Å². The fourth-order valence-electron chi connectivity index (χ4n) is 2.04. The molecule has 0 fully saturated rings. The fourth-order valence-corrected chi connectivity index (χ4v) is 2.04. The second-order valence-electron chi connectivity index (χ2n) is 3.89. The van der Waals surface area contributed by atoms with Crippen molar-refractivity contribution in [3.05, 3.63) is 48.2 Å². The van der Waals surface area contributed by atoms with Gasteiger partial charge in [0, 0.05) is 10.9 Å². The number of nitrogens with two attached hydrogens (primary N) is 1. The third kappa shape index (κ3) is 1.50. The summed E-state index contributed by atoms with van der Waals surface area (Å²) < 4.78 is 5.03. The van der Waals surface area contributed by atoms with Gasteiger partial charge in [0.05, 0.1) is 11.6 Å². The highest BCUT2D eigenvalue weighted by Gasteiger charge is 2.09. The number of anilines is 1. The number of nitrogens with zero attached hydrogens (tertiary/aromatic N) is 2. The van der Waals surface area contributed by atoms with Gasteiger partial charge in [0.2, 0.25) is 0 Å². The summed E-state index contributed by atoms with van der Waals surface area (Å²) >= 11 is 0. The third-order valence-corrected chi connectivity index (χ3v) is 2.84. The molecule has 1 aromatic heterocycles. The number of aromatic nitrogens is 1. The molecule has 0 atom stereocenters. The van der Waals surface area contributed by atoms with Crippen LogP contribution in [-0.2, 0) is 0 Å². The molecule has 18 heavy (non-hydrogen) atoms. The van der Waals surface area contributed by atoms with Crippen LogP contribution >= 0.6 is 0 Å². The number of nitriles is 1. The molecule has 0 spiro atoms. The van der Waals surface area contributed by atoms with Crippen LogP contribution in [0.15, 0.2) is 47.1 Å². The van der Waals surface area contributed by atoms with Gasteiger partial charge in [-0.05, 0) is 11.5 Å². The van der Waals surface area contributed by atoms with Crippen molar-refractivity contribution in [3.63, 3.8) is 0 Å². The van der Waals surface area contributed by atoms with Gasteiger partial charge in [0.25, 0.3) is 6.01 Å². The zero-order valence-corrected chi connectivity index (χ0v) is 9.42. The minimum atomic E-state index is 0.137. The van der Waals surface area contributed by atoms with Crippen LogP contribution in [0, 0.1) is 11.3 Å². The van der Waals surface area contributed by atoms with Crippen LogP contribution in [0.4, 0.5) is 6.01 Å².